The van der Waals surface area contributed by atoms with Crippen molar-refractivity contribution < 1.29 is 9.21 Å². The quantitative estimate of drug-likeness (QED) is 0.835. The smallest absolute Gasteiger partial charge is 0.408 e. The zero-order chi connectivity index (χ0) is 14.8. The first-order chi connectivity index (χ1) is 10.1. The number of aromatic nitrogens is 1. The van der Waals surface area contributed by atoms with E-state index in [1.165, 1.54) is 4.57 Å². The molecule has 0 amide bonds. The van der Waals surface area contributed by atoms with E-state index < -0.39 is 5.76 Å². The standard InChI is InChI=1S/C15H19N3O3/c1-17-12-3-2-11(10-14(12)21-15(17)20)13(19)4-7-18-8-5-16-6-9-18/h2-3,10,16H,4-9H2,1H3. The van der Waals surface area contributed by atoms with Gasteiger partial charge in [0.1, 0.15) is 0 Å². The highest BCUT2D eigenvalue weighted by molar-refractivity contribution is 5.98. The van der Waals surface area contributed by atoms with Gasteiger partial charge in [0.15, 0.2) is 11.4 Å². The number of Topliss-reactive ketones (excluding diaryl/α,β-unsaturated/α-hetero) is 1. The third-order valence-electron chi connectivity index (χ3n) is 3.98. The summed E-state index contributed by atoms with van der Waals surface area (Å²) in [6.45, 7) is 4.71. The van der Waals surface area contributed by atoms with E-state index in [0.717, 1.165) is 32.7 Å². The number of carbonyl (C=O) groups excluding carboxylic acids is 1. The highest BCUT2D eigenvalue weighted by Gasteiger charge is 2.14. The maximum atomic E-state index is 12.3. The average molecular weight is 289 g/mol. The summed E-state index contributed by atoms with van der Waals surface area (Å²) >= 11 is 0. The Morgan fingerprint density at radius 3 is 2.86 bits per heavy atom. The van der Waals surface area contributed by atoms with Gasteiger partial charge < -0.3 is 14.6 Å². The molecule has 21 heavy (non-hydrogen) atoms. The number of piperazine rings is 1. The van der Waals surface area contributed by atoms with Gasteiger partial charge in [-0.3, -0.25) is 9.36 Å². The number of benzene rings is 1. The van der Waals surface area contributed by atoms with Gasteiger partial charge >= 0.3 is 5.76 Å². The van der Waals surface area contributed by atoms with Crippen LogP contribution in [0.3, 0.4) is 0 Å². The summed E-state index contributed by atoms with van der Waals surface area (Å²) in [6, 6.07) is 5.19. The molecule has 1 aromatic heterocycles. The molecule has 1 saturated heterocycles. The summed E-state index contributed by atoms with van der Waals surface area (Å²) in [4.78, 5) is 26.0. The van der Waals surface area contributed by atoms with Crippen LogP contribution in [-0.4, -0.2) is 48.0 Å². The van der Waals surface area contributed by atoms with E-state index >= 15 is 0 Å². The van der Waals surface area contributed by atoms with Crippen molar-refractivity contribution in [2.24, 2.45) is 7.05 Å². The largest absolute Gasteiger partial charge is 0.419 e. The fourth-order valence-corrected chi connectivity index (χ4v) is 2.65. The second kappa shape index (κ2) is 5.83. The van der Waals surface area contributed by atoms with Crippen LogP contribution >= 0.6 is 0 Å². The van der Waals surface area contributed by atoms with Crippen LogP contribution in [0.2, 0.25) is 0 Å². The number of hydrogen-bond acceptors (Lipinski definition) is 5. The first kappa shape index (κ1) is 14.0. The van der Waals surface area contributed by atoms with Crippen LogP contribution in [0.1, 0.15) is 16.8 Å². The van der Waals surface area contributed by atoms with Crippen LogP contribution in [0.15, 0.2) is 27.4 Å². The van der Waals surface area contributed by atoms with Crippen molar-refractivity contribution in [1.82, 2.24) is 14.8 Å². The molecule has 0 unspecified atom stereocenters. The molecule has 0 aliphatic carbocycles. The molecule has 0 radical (unpaired) electrons. The Balaban J connectivity index is 1.70. The third kappa shape index (κ3) is 2.91. The molecule has 0 bridgehead atoms. The van der Waals surface area contributed by atoms with E-state index in [0.29, 0.717) is 23.1 Å². The number of rotatable bonds is 4. The number of aryl methyl sites for hydroxylation is 1. The molecule has 0 atom stereocenters. The van der Waals surface area contributed by atoms with Crippen molar-refractivity contribution in [1.29, 1.82) is 0 Å². The number of nitrogens with one attached hydrogen (secondary N) is 1. The lowest BCUT2D eigenvalue weighted by atomic mass is 10.1. The normalized spacial score (nSPS) is 16.4. The first-order valence-corrected chi connectivity index (χ1v) is 7.21. The van der Waals surface area contributed by atoms with Crippen LogP contribution in [0, 0.1) is 0 Å². The lowest BCUT2D eigenvalue weighted by Crippen LogP contribution is -2.44. The Bertz CT molecular complexity index is 711. The molecular formula is C15H19N3O3. The lowest BCUT2D eigenvalue weighted by molar-refractivity contribution is 0.0960. The Labute approximate surface area is 122 Å². The molecular weight excluding hydrogens is 270 g/mol. The van der Waals surface area contributed by atoms with Crippen molar-refractivity contribution in [3.63, 3.8) is 0 Å². The molecule has 112 valence electrons. The summed E-state index contributed by atoms with van der Waals surface area (Å²) in [5.41, 5.74) is 1.78. The zero-order valence-electron chi connectivity index (χ0n) is 12.1. The van der Waals surface area contributed by atoms with E-state index in [1.54, 1.807) is 25.2 Å². The van der Waals surface area contributed by atoms with E-state index in [4.69, 9.17) is 4.42 Å². The molecule has 2 heterocycles. The summed E-state index contributed by atoms with van der Waals surface area (Å²) in [7, 11) is 1.65. The van der Waals surface area contributed by atoms with Gasteiger partial charge in [-0.1, -0.05) is 0 Å². The van der Waals surface area contributed by atoms with Gasteiger partial charge in [0.25, 0.3) is 0 Å². The minimum atomic E-state index is -0.407. The van der Waals surface area contributed by atoms with E-state index in [1.807, 2.05) is 0 Å². The van der Waals surface area contributed by atoms with Crippen LogP contribution < -0.4 is 11.1 Å². The Hall–Kier alpha value is -1.92. The van der Waals surface area contributed by atoms with E-state index in [-0.39, 0.29) is 5.78 Å². The van der Waals surface area contributed by atoms with Crippen molar-refractivity contribution in [2.75, 3.05) is 32.7 Å². The number of carbonyl (C=O) groups is 1. The van der Waals surface area contributed by atoms with Gasteiger partial charge in [-0.15, -0.1) is 0 Å². The van der Waals surface area contributed by atoms with Crippen LogP contribution in [0.4, 0.5) is 0 Å². The van der Waals surface area contributed by atoms with E-state index in [2.05, 4.69) is 10.2 Å². The fraction of sp³-hybridized carbons (Fsp3) is 0.467. The van der Waals surface area contributed by atoms with Gasteiger partial charge in [0.2, 0.25) is 0 Å². The molecule has 0 spiro atoms. The van der Waals surface area contributed by atoms with Gasteiger partial charge in [-0.25, -0.2) is 4.79 Å². The minimum Gasteiger partial charge on any atom is -0.408 e. The number of oxazole rings is 1. The van der Waals surface area contributed by atoms with Crippen LogP contribution in [0.5, 0.6) is 0 Å². The molecule has 0 saturated carbocycles. The van der Waals surface area contributed by atoms with Gasteiger partial charge in [-0.05, 0) is 18.2 Å². The molecule has 3 rings (SSSR count). The lowest BCUT2D eigenvalue weighted by Gasteiger charge is -2.26. The summed E-state index contributed by atoms with van der Waals surface area (Å²) < 4.78 is 6.56. The second-order valence-corrected chi connectivity index (χ2v) is 5.37. The maximum Gasteiger partial charge on any atom is 0.419 e. The summed E-state index contributed by atoms with van der Waals surface area (Å²) in [6.07, 6.45) is 0.489. The number of fused-ring (bicyclic) bond motifs is 1. The van der Waals surface area contributed by atoms with Crippen molar-refractivity contribution >= 4 is 16.9 Å². The highest BCUT2D eigenvalue weighted by atomic mass is 16.4. The minimum absolute atomic E-state index is 0.0851. The Morgan fingerprint density at radius 1 is 1.33 bits per heavy atom. The van der Waals surface area contributed by atoms with E-state index in [9.17, 15) is 9.59 Å². The molecule has 1 aromatic carbocycles. The number of nitrogens with zero attached hydrogens (tertiary/aromatic N) is 2. The molecule has 1 aliphatic heterocycles. The zero-order valence-corrected chi connectivity index (χ0v) is 12.1. The van der Waals surface area contributed by atoms with Crippen LogP contribution in [0.25, 0.3) is 11.1 Å². The third-order valence-corrected chi connectivity index (χ3v) is 3.98. The molecule has 6 heteroatoms. The molecule has 1 aliphatic rings. The monoisotopic (exact) mass is 289 g/mol. The maximum absolute atomic E-state index is 12.3. The SMILES string of the molecule is Cn1c(=O)oc2cc(C(=O)CCN3CCNCC3)ccc21. The van der Waals surface area contributed by atoms with Gasteiger partial charge in [-0.2, -0.15) is 0 Å². The highest BCUT2D eigenvalue weighted by Crippen LogP contribution is 2.15. The summed E-state index contributed by atoms with van der Waals surface area (Å²) in [5.74, 6) is -0.322. The average Bonchev–Trinajstić information content (AvgIpc) is 2.80. The predicted octanol–water partition coefficient (Wildman–Crippen LogP) is 0.610. The van der Waals surface area contributed by atoms with Gasteiger partial charge in [0, 0.05) is 51.8 Å². The Kier molecular flexibility index (Phi) is 3.90. The Morgan fingerprint density at radius 2 is 2.10 bits per heavy atom. The molecule has 1 fully saturated rings. The second-order valence-electron chi connectivity index (χ2n) is 5.37. The topological polar surface area (TPSA) is 67.5 Å². The van der Waals surface area contributed by atoms with Crippen LogP contribution in [-0.2, 0) is 7.05 Å². The van der Waals surface area contributed by atoms with Crippen molar-refractivity contribution in [3.05, 3.63) is 34.3 Å². The molecule has 1 N–H and O–H groups in total. The first-order valence-electron chi connectivity index (χ1n) is 7.21. The van der Waals surface area contributed by atoms with Gasteiger partial charge in [0.05, 0.1) is 5.52 Å². The van der Waals surface area contributed by atoms with Crippen molar-refractivity contribution in [2.45, 2.75) is 6.42 Å². The predicted molar refractivity (Wildman–Crippen MR) is 79.7 cm³/mol. The molecule has 2 aromatic rings. The number of hydrogen-bond donors (Lipinski definition) is 1. The van der Waals surface area contributed by atoms with Crippen molar-refractivity contribution in [3.8, 4) is 0 Å². The fourth-order valence-electron chi connectivity index (χ4n) is 2.65. The summed E-state index contributed by atoms with van der Waals surface area (Å²) in [5, 5.41) is 3.29. The number of ketones is 1. The molecule has 6 nitrogen and oxygen atoms in total.